The summed E-state index contributed by atoms with van der Waals surface area (Å²) < 4.78 is 13.6. The molecule has 10 heteroatoms. The fourth-order valence-electron chi connectivity index (χ4n) is 3.98. The van der Waals surface area contributed by atoms with Crippen molar-refractivity contribution in [1.29, 1.82) is 0 Å². The minimum atomic E-state index is -0.228. The van der Waals surface area contributed by atoms with Crippen molar-refractivity contribution in [2.75, 3.05) is 25.5 Å². The maximum atomic E-state index is 12.6. The van der Waals surface area contributed by atoms with E-state index in [2.05, 4.69) is 20.9 Å². The van der Waals surface area contributed by atoms with E-state index in [1.54, 1.807) is 25.4 Å². The van der Waals surface area contributed by atoms with Gasteiger partial charge in [-0.1, -0.05) is 11.6 Å². The van der Waals surface area contributed by atoms with E-state index in [9.17, 15) is 4.79 Å². The molecule has 3 heterocycles. The summed E-state index contributed by atoms with van der Waals surface area (Å²) in [5.74, 6) is 1.93. The van der Waals surface area contributed by atoms with Crippen LogP contribution < -0.4 is 25.4 Å². The first-order chi connectivity index (χ1) is 17.0. The van der Waals surface area contributed by atoms with Crippen molar-refractivity contribution in [3.05, 3.63) is 65.4 Å². The maximum Gasteiger partial charge on any atom is 0.270 e. The molecule has 2 aromatic carbocycles. The van der Waals surface area contributed by atoms with Crippen LogP contribution in [0, 0.1) is 0 Å². The number of anilines is 2. The van der Waals surface area contributed by atoms with Crippen molar-refractivity contribution in [2.45, 2.75) is 12.5 Å². The van der Waals surface area contributed by atoms with Gasteiger partial charge in [0.2, 0.25) is 5.95 Å². The lowest BCUT2D eigenvalue weighted by Gasteiger charge is -2.13. The van der Waals surface area contributed by atoms with Gasteiger partial charge in [0.1, 0.15) is 11.4 Å². The number of carbonyl (C=O) groups excluding carboxylic acids is 1. The third-order valence-electron chi connectivity index (χ3n) is 5.85. The van der Waals surface area contributed by atoms with Crippen molar-refractivity contribution < 1.29 is 14.3 Å². The number of hydrogen-bond donors (Lipinski definition) is 3. The molecule has 1 amide bonds. The van der Waals surface area contributed by atoms with Crippen LogP contribution in [0.3, 0.4) is 0 Å². The standard InChI is InChI=1S/C25H25ClN6O3/c1-32-21-13-22(34-2)23(12-19(21)31-25(32)30-16-5-3-15(26)4-6-16)35-18-8-10-28-20(11-18)24(33)29-17-7-9-27-14-17/h3-6,8,10-13,17,27H,7,9,14H2,1-2H3,(H,29,33)(H,30,31). The number of benzene rings is 2. The Bertz CT molecular complexity index is 1370. The topological polar surface area (TPSA) is 102 Å². The van der Waals surface area contributed by atoms with Crippen molar-refractivity contribution in [2.24, 2.45) is 7.05 Å². The van der Waals surface area contributed by atoms with Crippen molar-refractivity contribution in [3.63, 3.8) is 0 Å². The third-order valence-corrected chi connectivity index (χ3v) is 6.11. The molecule has 0 bridgehead atoms. The number of aromatic nitrogens is 3. The predicted octanol–water partition coefficient (Wildman–Crippen LogP) is 4.26. The zero-order valence-corrected chi connectivity index (χ0v) is 20.1. The molecule has 5 rings (SSSR count). The van der Waals surface area contributed by atoms with Crippen molar-refractivity contribution in [1.82, 2.24) is 25.2 Å². The van der Waals surface area contributed by atoms with E-state index in [1.807, 2.05) is 48.0 Å². The SMILES string of the molecule is COc1cc2c(cc1Oc1ccnc(C(=O)NC3CCNC3)c1)nc(Nc1ccc(Cl)cc1)n2C. The number of fused-ring (bicyclic) bond motifs is 1. The normalized spacial score (nSPS) is 15.2. The fraction of sp³-hybridized carbons (Fsp3) is 0.240. The quantitative estimate of drug-likeness (QED) is 0.354. The average molecular weight is 493 g/mol. The van der Waals surface area contributed by atoms with Crippen LogP contribution in [-0.2, 0) is 7.05 Å². The number of carbonyl (C=O) groups is 1. The van der Waals surface area contributed by atoms with Gasteiger partial charge in [0.05, 0.1) is 18.1 Å². The first kappa shape index (κ1) is 22.9. The Labute approximate surface area is 207 Å². The molecular formula is C25H25ClN6O3. The largest absolute Gasteiger partial charge is 0.493 e. The molecule has 0 spiro atoms. The van der Waals surface area contributed by atoms with E-state index in [0.717, 1.165) is 36.2 Å². The van der Waals surface area contributed by atoms with Gasteiger partial charge in [0.15, 0.2) is 11.5 Å². The highest BCUT2D eigenvalue weighted by Gasteiger charge is 2.19. The molecule has 0 radical (unpaired) electrons. The van der Waals surface area contributed by atoms with Crippen LogP contribution >= 0.6 is 11.6 Å². The second kappa shape index (κ2) is 9.81. The minimum Gasteiger partial charge on any atom is -0.493 e. The molecule has 1 atom stereocenters. The van der Waals surface area contributed by atoms with E-state index in [4.69, 9.17) is 26.1 Å². The average Bonchev–Trinajstić information content (AvgIpc) is 3.48. The zero-order chi connectivity index (χ0) is 24.4. The number of aryl methyl sites for hydroxylation is 1. The Kier molecular flexibility index (Phi) is 6.43. The fourth-order valence-corrected chi connectivity index (χ4v) is 4.10. The molecule has 9 nitrogen and oxygen atoms in total. The molecule has 1 fully saturated rings. The summed E-state index contributed by atoms with van der Waals surface area (Å²) in [6, 6.07) is 14.5. The number of rotatable bonds is 7. The summed E-state index contributed by atoms with van der Waals surface area (Å²) in [5.41, 5.74) is 2.75. The van der Waals surface area contributed by atoms with E-state index in [0.29, 0.717) is 33.9 Å². The Balaban J connectivity index is 1.40. The van der Waals surface area contributed by atoms with Crippen molar-refractivity contribution >= 4 is 40.2 Å². The highest BCUT2D eigenvalue weighted by Crippen LogP contribution is 2.36. The second-order valence-corrected chi connectivity index (χ2v) is 8.70. The van der Waals surface area contributed by atoms with Crippen LogP contribution in [0.25, 0.3) is 11.0 Å². The molecule has 0 saturated carbocycles. The molecule has 1 saturated heterocycles. The lowest BCUT2D eigenvalue weighted by molar-refractivity contribution is 0.0934. The van der Waals surface area contributed by atoms with Gasteiger partial charge in [0, 0.05) is 54.7 Å². The van der Waals surface area contributed by atoms with Crippen LogP contribution in [0.15, 0.2) is 54.7 Å². The van der Waals surface area contributed by atoms with Gasteiger partial charge in [0.25, 0.3) is 5.91 Å². The highest BCUT2D eigenvalue weighted by atomic mass is 35.5. The van der Waals surface area contributed by atoms with Gasteiger partial charge in [-0.15, -0.1) is 0 Å². The van der Waals surface area contributed by atoms with Gasteiger partial charge in [-0.2, -0.15) is 0 Å². The molecule has 35 heavy (non-hydrogen) atoms. The number of methoxy groups -OCH3 is 1. The Morgan fingerprint density at radius 2 is 2.00 bits per heavy atom. The summed E-state index contributed by atoms with van der Waals surface area (Å²) in [5, 5.41) is 10.2. The molecule has 1 unspecified atom stereocenters. The van der Waals surface area contributed by atoms with Gasteiger partial charge < -0.3 is 30.0 Å². The van der Waals surface area contributed by atoms with E-state index < -0.39 is 0 Å². The first-order valence-electron chi connectivity index (χ1n) is 11.2. The van der Waals surface area contributed by atoms with Crippen molar-refractivity contribution in [3.8, 4) is 17.2 Å². The van der Waals surface area contributed by atoms with Gasteiger partial charge in [-0.05, 0) is 43.3 Å². The zero-order valence-electron chi connectivity index (χ0n) is 19.3. The maximum absolute atomic E-state index is 12.6. The molecule has 1 aliphatic heterocycles. The van der Waals surface area contributed by atoms with Crippen LogP contribution in [0.1, 0.15) is 16.9 Å². The Hall–Kier alpha value is -3.82. The Morgan fingerprint density at radius 3 is 2.74 bits per heavy atom. The number of nitrogens with one attached hydrogen (secondary N) is 3. The van der Waals surface area contributed by atoms with Gasteiger partial charge in [-0.25, -0.2) is 4.98 Å². The number of imidazole rings is 1. The van der Waals surface area contributed by atoms with E-state index in [1.165, 1.54) is 0 Å². The van der Waals surface area contributed by atoms with Crippen LogP contribution in [0.5, 0.6) is 17.2 Å². The smallest absolute Gasteiger partial charge is 0.270 e. The molecule has 3 N–H and O–H groups in total. The molecule has 4 aromatic rings. The van der Waals surface area contributed by atoms with E-state index in [-0.39, 0.29) is 11.9 Å². The molecule has 180 valence electrons. The summed E-state index contributed by atoms with van der Waals surface area (Å²) in [4.78, 5) is 21.5. The van der Waals surface area contributed by atoms with Crippen LogP contribution in [0.4, 0.5) is 11.6 Å². The summed E-state index contributed by atoms with van der Waals surface area (Å²) >= 11 is 5.99. The first-order valence-corrected chi connectivity index (χ1v) is 11.6. The number of nitrogens with zero attached hydrogens (tertiary/aromatic N) is 3. The number of ether oxygens (including phenoxy) is 2. The van der Waals surface area contributed by atoms with Gasteiger partial charge >= 0.3 is 0 Å². The molecular weight excluding hydrogens is 468 g/mol. The molecule has 2 aromatic heterocycles. The monoisotopic (exact) mass is 492 g/mol. The Morgan fingerprint density at radius 1 is 1.17 bits per heavy atom. The lowest BCUT2D eigenvalue weighted by Crippen LogP contribution is -2.36. The van der Waals surface area contributed by atoms with E-state index >= 15 is 0 Å². The number of hydrogen-bond acceptors (Lipinski definition) is 7. The number of pyridine rings is 1. The number of amides is 1. The van der Waals surface area contributed by atoms with Crippen LogP contribution in [-0.4, -0.2) is 46.7 Å². The lowest BCUT2D eigenvalue weighted by atomic mass is 10.2. The predicted molar refractivity (Wildman–Crippen MR) is 135 cm³/mol. The summed E-state index contributed by atoms with van der Waals surface area (Å²) in [6.07, 6.45) is 2.45. The second-order valence-electron chi connectivity index (χ2n) is 8.26. The summed E-state index contributed by atoms with van der Waals surface area (Å²) in [7, 11) is 3.50. The third kappa shape index (κ3) is 5.01. The molecule has 1 aliphatic rings. The highest BCUT2D eigenvalue weighted by molar-refractivity contribution is 6.30. The summed E-state index contributed by atoms with van der Waals surface area (Å²) in [6.45, 7) is 1.66. The minimum absolute atomic E-state index is 0.108. The van der Waals surface area contributed by atoms with Gasteiger partial charge in [-0.3, -0.25) is 9.78 Å². The molecule has 0 aliphatic carbocycles. The van der Waals surface area contributed by atoms with Crippen LogP contribution in [0.2, 0.25) is 5.02 Å². The number of halogens is 1.